The molecule has 1 aliphatic rings. The van der Waals surface area contributed by atoms with Crippen molar-refractivity contribution in [2.75, 3.05) is 0 Å². The summed E-state index contributed by atoms with van der Waals surface area (Å²) in [5, 5.41) is 1.08. The summed E-state index contributed by atoms with van der Waals surface area (Å²) in [4.78, 5) is 42.8. The smallest absolute Gasteiger partial charge is 0.314 e. The van der Waals surface area contributed by atoms with Crippen LogP contribution in [0.5, 0.6) is 0 Å². The second kappa shape index (κ2) is 12.9. The molecule has 0 fully saturated rings. The Labute approximate surface area is 97.3 Å². The van der Waals surface area contributed by atoms with E-state index in [0.717, 1.165) is 5.12 Å². The topological polar surface area (TPSA) is 132 Å². The Balaban J connectivity index is 0. The van der Waals surface area contributed by atoms with Gasteiger partial charge >= 0.3 is 68.3 Å². The Morgan fingerprint density at radius 3 is 1.56 bits per heavy atom. The van der Waals surface area contributed by atoms with Gasteiger partial charge in [-0.15, -0.1) is 0 Å². The third-order valence-electron chi connectivity index (χ3n) is 0.936. The summed E-state index contributed by atoms with van der Waals surface area (Å²) in [6.07, 6.45) is 5.84. The molecule has 7 nitrogen and oxygen atoms in total. The largest absolute Gasteiger partial charge is 0.326 e. The predicted molar refractivity (Wildman–Crippen MR) is 63.7 cm³/mol. The SMILES string of the molecule is O=[CH][Ge]1=[CH]C=CC=[CH]1.O=[PH](O)O.O=[PH](O)O. The normalized spacial score (nSPS) is 12.2. The van der Waals surface area contributed by atoms with E-state index in [1.165, 1.54) is 0 Å². The van der Waals surface area contributed by atoms with Crippen molar-refractivity contribution < 1.29 is 33.5 Å². The van der Waals surface area contributed by atoms with Gasteiger partial charge in [-0.1, -0.05) is 0 Å². The molecule has 0 aromatic carbocycles. The first kappa shape index (κ1) is 18.2. The van der Waals surface area contributed by atoms with Crippen LogP contribution < -0.4 is 0 Å². The molecule has 1 rings (SSSR count). The molecular formula is C6H12GeO7P2. The minimum Gasteiger partial charge on any atom is -0.326 e. The average Bonchev–Trinajstić information content (AvgIpc) is 2.17. The van der Waals surface area contributed by atoms with Crippen LogP contribution in [0.3, 0.4) is 0 Å². The van der Waals surface area contributed by atoms with E-state index >= 15 is 0 Å². The van der Waals surface area contributed by atoms with Crippen molar-refractivity contribution in [2.45, 2.75) is 0 Å². The first-order valence-corrected chi connectivity index (χ1v) is 9.98. The number of hydrogen-bond acceptors (Lipinski definition) is 3. The molecule has 92 valence electrons. The summed E-state index contributed by atoms with van der Waals surface area (Å²) in [6.45, 7) is 0. The third-order valence-corrected chi connectivity index (χ3v) is 3.93. The van der Waals surface area contributed by atoms with Crippen molar-refractivity contribution in [1.29, 1.82) is 0 Å². The second-order valence-corrected chi connectivity index (χ2v) is 7.22. The summed E-state index contributed by atoms with van der Waals surface area (Å²) in [5.41, 5.74) is 0. The van der Waals surface area contributed by atoms with Gasteiger partial charge in [0, 0.05) is 0 Å². The van der Waals surface area contributed by atoms with Crippen LogP contribution >= 0.6 is 16.5 Å². The molecule has 0 saturated heterocycles. The first-order chi connectivity index (χ1) is 7.40. The fourth-order valence-electron chi connectivity index (χ4n) is 0.532. The molecule has 1 aliphatic heterocycles. The maximum atomic E-state index is 10.1. The number of hydrogen-bond donors (Lipinski definition) is 4. The maximum Gasteiger partial charge on any atom is 0.314 e. The molecule has 0 saturated carbocycles. The summed E-state index contributed by atoms with van der Waals surface area (Å²) < 4.78 is 17.5. The van der Waals surface area contributed by atoms with Gasteiger partial charge in [-0.25, -0.2) is 0 Å². The molecule has 0 radical (unpaired) electrons. The van der Waals surface area contributed by atoms with Crippen LogP contribution in [0, 0.1) is 0 Å². The van der Waals surface area contributed by atoms with Gasteiger partial charge in [0.25, 0.3) is 0 Å². The fourth-order valence-corrected chi connectivity index (χ4v) is 2.49. The van der Waals surface area contributed by atoms with Crippen molar-refractivity contribution in [3.8, 4) is 0 Å². The van der Waals surface area contributed by atoms with Crippen LogP contribution in [0.15, 0.2) is 23.1 Å². The molecule has 0 aromatic heterocycles. The molecule has 0 atom stereocenters. The van der Waals surface area contributed by atoms with E-state index in [4.69, 9.17) is 28.7 Å². The summed E-state index contributed by atoms with van der Waals surface area (Å²) in [6, 6.07) is 0. The Morgan fingerprint density at radius 2 is 1.38 bits per heavy atom. The summed E-state index contributed by atoms with van der Waals surface area (Å²) in [5.74, 6) is 0. The third kappa shape index (κ3) is 23.6. The number of carbonyl (C=O) groups is 1. The maximum absolute atomic E-state index is 10.1. The first-order valence-electron chi connectivity index (χ1n) is 3.74. The fraction of sp³-hybridized carbons (Fsp3) is 0. The van der Waals surface area contributed by atoms with Gasteiger partial charge in [0.2, 0.25) is 0 Å². The zero-order chi connectivity index (χ0) is 13.0. The summed E-state index contributed by atoms with van der Waals surface area (Å²) >= 11 is -1.42. The van der Waals surface area contributed by atoms with Gasteiger partial charge in [-0.2, -0.15) is 0 Å². The van der Waals surface area contributed by atoms with Crippen molar-refractivity contribution in [1.82, 2.24) is 0 Å². The van der Waals surface area contributed by atoms with E-state index in [0.29, 0.717) is 0 Å². The van der Waals surface area contributed by atoms with E-state index in [9.17, 15) is 4.79 Å². The van der Waals surface area contributed by atoms with Crippen LogP contribution in [0.4, 0.5) is 0 Å². The molecule has 4 N–H and O–H groups in total. The van der Waals surface area contributed by atoms with Gasteiger partial charge in [0.15, 0.2) is 0 Å². The van der Waals surface area contributed by atoms with Crippen LogP contribution in [0.2, 0.25) is 0 Å². The molecule has 0 bridgehead atoms. The molecule has 0 spiro atoms. The van der Waals surface area contributed by atoms with E-state index in [1.54, 1.807) is 0 Å². The molecule has 0 amide bonds. The molecular weight excluding hydrogens is 319 g/mol. The minimum absolute atomic E-state index is 1.08. The van der Waals surface area contributed by atoms with E-state index < -0.39 is 30.4 Å². The second-order valence-electron chi connectivity index (χ2n) is 2.09. The minimum atomic E-state index is -3.13. The van der Waals surface area contributed by atoms with Crippen LogP contribution in [0.1, 0.15) is 0 Å². The molecule has 0 unspecified atom stereocenters. The van der Waals surface area contributed by atoms with Crippen molar-refractivity contribution in [3.05, 3.63) is 23.1 Å². The zero-order valence-electron chi connectivity index (χ0n) is 7.98. The van der Waals surface area contributed by atoms with E-state index in [1.807, 2.05) is 28.0 Å². The zero-order valence-corrected chi connectivity index (χ0v) is 12.1. The standard InChI is InChI=1S/C6H6GeO.2H3O3P/c8-6-7-4-2-1-3-5-7;2*1-4(2)3/h1-6H;2*4H,(H2,1,2,3). The predicted octanol–water partition coefficient (Wildman–Crippen LogP) is -0.976. The average molecular weight is 331 g/mol. The van der Waals surface area contributed by atoms with Crippen molar-refractivity contribution in [2.24, 2.45) is 0 Å². The Hall–Kier alpha value is -0.137. The van der Waals surface area contributed by atoms with Crippen LogP contribution in [-0.4, -0.2) is 43.5 Å². The van der Waals surface area contributed by atoms with E-state index in [-0.39, 0.29) is 0 Å². The Kier molecular flexibility index (Phi) is 14.7. The molecule has 1 heterocycles. The van der Waals surface area contributed by atoms with Crippen LogP contribution in [-0.2, 0) is 13.9 Å². The number of carbonyl (C=O) groups excluding carboxylic acids is 1. The van der Waals surface area contributed by atoms with Gasteiger partial charge in [-0.3, -0.25) is 9.13 Å². The Bertz CT molecular complexity index is 316. The van der Waals surface area contributed by atoms with Gasteiger partial charge in [0.05, 0.1) is 0 Å². The summed E-state index contributed by atoms with van der Waals surface area (Å²) in [7, 11) is -6.26. The van der Waals surface area contributed by atoms with Crippen LogP contribution in [0.25, 0.3) is 0 Å². The van der Waals surface area contributed by atoms with Gasteiger partial charge in [0.1, 0.15) is 0 Å². The van der Waals surface area contributed by atoms with Gasteiger partial charge in [-0.05, 0) is 0 Å². The molecule has 0 aromatic rings. The molecule has 16 heavy (non-hydrogen) atoms. The molecule has 0 aliphatic carbocycles. The number of rotatable bonds is 1. The monoisotopic (exact) mass is 332 g/mol. The Morgan fingerprint density at radius 1 is 0.938 bits per heavy atom. The van der Waals surface area contributed by atoms with Crippen molar-refractivity contribution in [3.63, 3.8) is 0 Å². The molecule has 10 heteroatoms. The quantitative estimate of drug-likeness (QED) is 0.276. The van der Waals surface area contributed by atoms with Crippen molar-refractivity contribution >= 4 is 40.4 Å². The van der Waals surface area contributed by atoms with Gasteiger partial charge < -0.3 is 19.6 Å². The number of allylic oxidation sites excluding steroid dienone is 3. The van der Waals surface area contributed by atoms with E-state index in [2.05, 4.69) is 0 Å².